The monoisotopic (exact) mass is 191 g/mol. The van der Waals surface area contributed by atoms with Crippen LogP contribution in [0.15, 0.2) is 21.9 Å². The van der Waals surface area contributed by atoms with Crippen LogP contribution in [-0.2, 0) is 0 Å². The highest BCUT2D eigenvalue weighted by atomic mass is 16.1. The minimum Gasteiger partial charge on any atom is -0.292 e. The molecule has 2 aromatic heterocycles. The lowest BCUT2D eigenvalue weighted by Gasteiger charge is -2.03. The number of aromatic nitrogens is 3. The second-order valence-corrected chi connectivity index (χ2v) is 3.20. The lowest BCUT2D eigenvalue weighted by atomic mass is 10.3. The lowest BCUT2D eigenvalue weighted by molar-refractivity contribution is 0.941. The van der Waals surface area contributed by atoms with E-state index < -0.39 is 0 Å². The van der Waals surface area contributed by atoms with Crippen molar-refractivity contribution in [3.63, 3.8) is 0 Å². The van der Waals surface area contributed by atoms with E-state index in [-0.39, 0.29) is 16.9 Å². The average molecular weight is 191 g/mol. The third kappa shape index (κ3) is 1.22. The average Bonchev–Trinajstić information content (AvgIpc) is 2.08. The number of aryl methyl sites for hydroxylation is 2. The van der Waals surface area contributed by atoms with Gasteiger partial charge in [-0.25, -0.2) is 0 Å². The van der Waals surface area contributed by atoms with Crippen molar-refractivity contribution in [1.29, 1.82) is 0 Å². The van der Waals surface area contributed by atoms with Crippen LogP contribution in [0.4, 0.5) is 0 Å². The van der Waals surface area contributed by atoms with Crippen LogP contribution in [0.1, 0.15) is 11.3 Å². The van der Waals surface area contributed by atoms with E-state index in [1.807, 2.05) is 0 Å². The zero-order valence-electron chi connectivity index (χ0n) is 7.87. The molecule has 0 bridgehead atoms. The van der Waals surface area contributed by atoms with Crippen LogP contribution < -0.4 is 11.1 Å². The summed E-state index contributed by atoms with van der Waals surface area (Å²) < 4.78 is 1.68. The highest BCUT2D eigenvalue weighted by Crippen LogP contribution is 1.97. The quantitative estimate of drug-likeness (QED) is 0.637. The second-order valence-electron chi connectivity index (χ2n) is 3.20. The maximum absolute atomic E-state index is 11.2. The Bertz CT molecular complexity index is 609. The number of fused-ring (bicyclic) bond motifs is 1. The van der Waals surface area contributed by atoms with Crippen molar-refractivity contribution in [2.45, 2.75) is 13.8 Å². The Labute approximate surface area is 79.1 Å². The zero-order valence-corrected chi connectivity index (χ0v) is 7.87. The van der Waals surface area contributed by atoms with Gasteiger partial charge in [0.1, 0.15) is 0 Å². The molecule has 5 nitrogen and oxygen atoms in total. The summed E-state index contributed by atoms with van der Waals surface area (Å²) in [6.07, 6.45) is 1.66. The Balaban J connectivity index is 3.03. The number of hydrogen-bond acceptors (Lipinski definition) is 3. The Kier molecular flexibility index (Phi) is 1.73. The molecule has 1 N–H and O–H groups in total. The third-order valence-corrected chi connectivity index (χ3v) is 2.05. The van der Waals surface area contributed by atoms with Crippen molar-refractivity contribution in [2.24, 2.45) is 0 Å². The van der Waals surface area contributed by atoms with Gasteiger partial charge in [0.05, 0.1) is 0 Å². The fraction of sp³-hybridized carbons (Fsp3) is 0.222. The summed E-state index contributed by atoms with van der Waals surface area (Å²) in [5.74, 6) is 0.283. The van der Waals surface area contributed by atoms with Crippen LogP contribution in [0.3, 0.4) is 0 Å². The van der Waals surface area contributed by atoms with Crippen molar-refractivity contribution in [1.82, 2.24) is 14.4 Å². The minimum absolute atomic E-state index is 0.252. The van der Waals surface area contributed by atoms with Crippen molar-refractivity contribution < 1.29 is 0 Å². The topological polar surface area (TPSA) is 67.2 Å². The first-order chi connectivity index (χ1) is 6.58. The van der Waals surface area contributed by atoms with E-state index >= 15 is 0 Å². The molecule has 0 atom stereocenters. The molecular formula is C9H9N3O2. The fourth-order valence-corrected chi connectivity index (χ4v) is 1.31. The minimum atomic E-state index is -0.314. The molecule has 0 saturated carbocycles. The maximum atomic E-state index is 11.2. The maximum Gasteiger partial charge on any atom is 0.277 e. The molecule has 0 radical (unpaired) electrons. The van der Waals surface area contributed by atoms with Crippen molar-refractivity contribution >= 4 is 5.78 Å². The third-order valence-electron chi connectivity index (χ3n) is 2.05. The Morgan fingerprint density at radius 2 is 2.07 bits per heavy atom. The second kappa shape index (κ2) is 2.80. The summed E-state index contributed by atoms with van der Waals surface area (Å²) in [6, 6.07) is 1.46. The van der Waals surface area contributed by atoms with Gasteiger partial charge >= 0.3 is 0 Å². The van der Waals surface area contributed by atoms with Crippen molar-refractivity contribution in [3.8, 4) is 0 Å². The largest absolute Gasteiger partial charge is 0.292 e. The van der Waals surface area contributed by atoms with E-state index in [9.17, 15) is 9.59 Å². The molecule has 5 heteroatoms. The SMILES string of the molecule is Cc1cn2c(C)cc(=O)[nH]c2nc1=O. The van der Waals surface area contributed by atoms with E-state index in [0.29, 0.717) is 5.56 Å². The number of hydrogen-bond donors (Lipinski definition) is 1. The number of rotatable bonds is 0. The smallest absolute Gasteiger partial charge is 0.277 e. The summed E-state index contributed by atoms with van der Waals surface area (Å²) in [6.45, 7) is 3.47. The summed E-state index contributed by atoms with van der Waals surface area (Å²) in [5, 5.41) is 0. The Morgan fingerprint density at radius 1 is 1.36 bits per heavy atom. The molecule has 2 heterocycles. The fourth-order valence-electron chi connectivity index (χ4n) is 1.31. The molecule has 0 unspecified atom stereocenters. The van der Waals surface area contributed by atoms with E-state index in [2.05, 4.69) is 9.97 Å². The number of nitrogens with one attached hydrogen (secondary N) is 1. The van der Waals surface area contributed by atoms with Gasteiger partial charge in [0.25, 0.3) is 11.1 Å². The molecule has 0 aliphatic heterocycles. The normalized spacial score (nSPS) is 10.7. The highest BCUT2D eigenvalue weighted by molar-refractivity contribution is 5.30. The predicted molar refractivity (Wildman–Crippen MR) is 51.6 cm³/mol. The van der Waals surface area contributed by atoms with Crippen LogP contribution in [0.2, 0.25) is 0 Å². The Hall–Kier alpha value is -1.91. The van der Waals surface area contributed by atoms with E-state index in [0.717, 1.165) is 5.69 Å². The number of H-pyrrole nitrogens is 1. The molecule has 0 amide bonds. The molecule has 0 aliphatic rings. The molecule has 0 aliphatic carbocycles. The van der Waals surface area contributed by atoms with Gasteiger partial charge in [-0.2, -0.15) is 4.98 Å². The van der Waals surface area contributed by atoms with E-state index in [1.165, 1.54) is 6.07 Å². The molecule has 72 valence electrons. The molecular weight excluding hydrogens is 182 g/mol. The van der Waals surface area contributed by atoms with Gasteiger partial charge in [-0.3, -0.25) is 19.0 Å². The first kappa shape index (κ1) is 8.68. The van der Waals surface area contributed by atoms with Gasteiger partial charge in [0.2, 0.25) is 5.78 Å². The van der Waals surface area contributed by atoms with Crippen LogP contribution in [0, 0.1) is 13.8 Å². The van der Waals surface area contributed by atoms with Gasteiger partial charge in [0.15, 0.2) is 0 Å². The van der Waals surface area contributed by atoms with Crippen molar-refractivity contribution in [3.05, 3.63) is 44.2 Å². The predicted octanol–water partition coefficient (Wildman–Crippen LogP) is -0.000360. The zero-order chi connectivity index (χ0) is 10.3. The van der Waals surface area contributed by atoms with Gasteiger partial charge in [0, 0.05) is 23.5 Å². The number of nitrogens with zero attached hydrogens (tertiary/aromatic N) is 2. The molecule has 0 aromatic carbocycles. The van der Waals surface area contributed by atoms with Crippen LogP contribution in [0.5, 0.6) is 0 Å². The van der Waals surface area contributed by atoms with E-state index in [4.69, 9.17) is 0 Å². The first-order valence-electron chi connectivity index (χ1n) is 4.18. The lowest BCUT2D eigenvalue weighted by Crippen LogP contribution is -2.18. The van der Waals surface area contributed by atoms with Crippen LogP contribution in [0.25, 0.3) is 5.78 Å². The molecule has 0 spiro atoms. The summed E-state index contributed by atoms with van der Waals surface area (Å²) >= 11 is 0. The summed E-state index contributed by atoms with van der Waals surface area (Å²) in [7, 11) is 0. The van der Waals surface area contributed by atoms with Gasteiger partial charge in [-0.1, -0.05) is 0 Å². The standard InChI is InChI=1S/C9H9N3O2/c1-5-4-12-6(2)3-7(13)10-9(12)11-8(5)14/h3-4H,1-2H3,(H,10,11,13,14). The van der Waals surface area contributed by atoms with Gasteiger partial charge in [-0.05, 0) is 13.8 Å². The molecule has 14 heavy (non-hydrogen) atoms. The van der Waals surface area contributed by atoms with Crippen molar-refractivity contribution in [2.75, 3.05) is 0 Å². The van der Waals surface area contributed by atoms with Crippen LogP contribution >= 0.6 is 0 Å². The molecule has 2 rings (SSSR count). The van der Waals surface area contributed by atoms with E-state index in [1.54, 1.807) is 24.4 Å². The molecule has 0 fully saturated rings. The summed E-state index contributed by atoms with van der Waals surface area (Å²) in [4.78, 5) is 28.5. The van der Waals surface area contributed by atoms with Crippen LogP contribution in [-0.4, -0.2) is 14.4 Å². The van der Waals surface area contributed by atoms with Gasteiger partial charge < -0.3 is 0 Å². The number of aromatic amines is 1. The van der Waals surface area contributed by atoms with Gasteiger partial charge in [-0.15, -0.1) is 0 Å². The molecule has 0 saturated heterocycles. The first-order valence-corrected chi connectivity index (χ1v) is 4.18. The molecule has 2 aromatic rings. The Morgan fingerprint density at radius 3 is 2.79 bits per heavy atom. The summed E-state index contributed by atoms with van der Waals surface area (Å²) in [5.41, 5.74) is 0.738. The highest BCUT2D eigenvalue weighted by Gasteiger charge is 2.01.